The number of aromatic nitrogens is 3. The van der Waals surface area contributed by atoms with Crippen molar-refractivity contribution >= 4 is 18.4 Å². The number of ether oxygens (including phenoxy) is 2. The van der Waals surface area contributed by atoms with Crippen molar-refractivity contribution in [2.24, 2.45) is 5.10 Å². The molecule has 1 aromatic heterocycles. The van der Waals surface area contributed by atoms with Crippen LogP contribution in [0.5, 0.6) is 11.5 Å². The molecule has 0 atom stereocenters. The van der Waals surface area contributed by atoms with E-state index in [2.05, 4.69) is 22.2 Å². The van der Waals surface area contributed by atoms with E-state index >= 15 is 0 Å². The van der Waals surface area contributed by atoms with Gasteiger partial charge in [-0.25, -0.2) is 0 Å². The van der Waals surface area contributed by atoms with Crippen LogP contribution in [0.4, 0.5) is 0 Å². The zero-order valence-corrected chi connectivity index (χ0v) is 13.8. The maximum atomic E-state index is 5.56. The second kappa shape index (κ2) is 7.74. The first-order valence-electron chi connectivity index (χ1n) is 7.21. The molecule has 1 aromatic carbocycles. The highest BCUT2D eigenvalue weighted by Crippen LogP contribution is 2.29. The Morgan fingerprint density at radius 3 is 2.91 bits per heavy atom. The van der Waals surface area contributed by atoms with Gasteiger partial charge in [-0.2, -0.15) is 14.9 Å². The number of hydrogen-bond acceptors (Lipinski definition) is 5. The van der Waals surface area contributed by atoms with Crippen molar-refractivity contribution in [2.75, 3.05) is 13.7 Å². The van der Waals surface area contributed by atoms with Gasteiger partial charge in [0.05, 0.1) is 19.9 Å². The Morgan fingerprint density at radius 2 is 2.23 bits per heavy atom. The lowest BCUT2D eigenvalue weighted by Crippen LogP contribution is -2.01. The third-order valence-electron chi connectivity index (χ3n) is 3.02. The Bertz CT molecular complexity index is 706. The number of aromatic amines is 1. The van der Waals surface area contributed by atoms with E-state index in [0.717, 1.165) is 24.2 Å². The third kappa shape index (κ3) is 3.54. The van der Waals surface area contributed by atoms with Gasteiger partial charge in [-0.05, 0) is 37.7 Å². The van der Waals surface area contributed by atoms with Gasteiger partial charge in [-0.3, -0.25) is 5.10 Å². The zero-order chi connectivity index (χ0) is 15.9. The summed E-state index contributed by atoms with van der Waals surface area (Å²) in [5.41, 5.74) is 0.819. The van der Waals surface area contributed by atoms with Gasteiger partial charge >= 0.3 is 0 Å². The van der Waals surface area contributed by atoms with Gasteiger partial charge in [-0.15, -0.1) is 0 Å². The minimum atomic E-state index is 0.472. The van der Waals surface area contributed by atoms with Crippen LogP contribution in [-0.2, 0) is 6.42 Å². The first-order valence-corrected chi connectivity index (χ1v) is 7.62. The van der Waals surface area contributed by atoms with Crippen molar-refractivity contribution in [2.45, 2.75) is 26.7 Å². The molecule has 0 amide bonds. The molecule has 0 radical (unpaired) electrons. The lowest BCUT2D eigenvalue weighted by molar-refractivity contribution is 0.310. The second-order valence-corrected chi connectivity index (χ2v) is 4.95. The number of H-pyrrole nitrogens is 1. The number of benzene rings is 1. The van der Waals surface area contributed by atoms with Crippen LogP contribution in [-0.4, -0.2) is 34.8 Å². The van der Waals surface area contributed by atoms with E-state index in [9.17, 15) is 0 Å². The molecule has 0 aliphatic carbocycles. The summed E-state index contributed by atoms with van der Waals surface area (Å²) in [5, 5.41) is 11.4. The van der Waals surface area contributed by atoms with Crippen molar-refractivity contribution in [1.82, 2.24) is 14.9 Å². The molecule has 0 unspecified atom stereocenters. The molecule has 0 aliphatic heterocycles. The van der Waals surface area contributed by atoms with Crippen molar-refractivity contribution in [1.29, 1.82) is 0 Å². The minimum Gasteiger partial charge on any atom is -0.492 e. The predicted octanol–water partition coefficient (Wildman–Crippen LogP) is 3.18. The fraction of sp³-hybridized carbons (Fsp3) is 0.400. The van der Waals surface area contributed by atoms with Gasteiger partial charge in [0.2, 0.25) is 4.77 Å². The molecule has 2 rings (SSSR count). The van der Waals surface area contributed by atoms with Gasteiger partial charge in [0.15, 0.2) is 17.3 Å². The number of nitrogens with one attached hydrogen (secondary N) is 1. The number of nitrogens with zero attached hydrogens (tertiary/aromatic N) is 3. The molecule has 0 saturated carbocycles. The average Bonchev–Trinajstić information content (AvgIpc) is 2.86. The molecule has 22 heavy (non-hydrogen) atoms. The molecule has 1 N–H and O–H groups in total. The second-order valence-electron chi connectivity index (χ2n) is 4.56. The van der Waals surface area contributed by atoms with E-state index in [-0.39, 0.29) is 0 Å². The Kier molecular flexibility index (Phi) is 5.71. The first kappa shape index (κ1) is 16.2. The molecule has 0 saturated heterocycles. The summed E-state index contributed by atoms with van der Waals surface area (Å²) in [6, 6.07) is 5.68. The summed E-state index contributed by atoms with van der Waals surface area (Å²) < 4.78 is 13.1. The highest BCUT2D eigenvalue weighted by Gasteiger charge is 2.09. The van der Waals surface area contributed by atoms with E-state index in [1.807, 2.05) is 25.1 Å². The molecule has 0 spiro atoms. The zero-order valence-electron chi connectivity index (χ0n) is 13.0. The maximum Gasteiger partial charge on any atom is 0.216 e. The SMILES string of the molecule is CCCc1n[nH]c(=S)n1/N=C\c1cccc(OCC)c1OC. The molecule has 0 fully saturated rings. The smallest absolute Gasteiger partial charge is 0.216 e. The van der Waals surface area contributed by atoms with Crippen LogP contribution < -0.4 is 9.47 Å². The maximum absolute atomic E-state index is 5.56. The third-order valence-corrected chi connectivity index (χ3v) is 3.28. The molecular formula is C15H20N4O2S. The van der Waals surface area contributed by atoms with Gasteiger partial charge in [0, 0.05) is 12.0 Å². The summed E-state index contributed by atoms with van der Waals surface area (Å²) in [6.45, 7) is 4.59. The number of para-hydroxylation sites is 1. The fourth-order valence-electron chi connectivity index (χ4n) is 2.07. The van der Waals surface area contributed by atoms with Crippen molar-refractivity contribution < 1.29 is 9.47 Å². The van der Waals surface area contributed by atoms with Crippen LogP contribution in [0.2, 0.25) is 0 Å². The molecule has 7 heteroatoms. The van der Waals surface area contributed by atoms with Crippen LogP contribution in [0, 0.1) is 4.77 Å². The van der Waals surface area contributed by atoms with Crippen LogP contribution in [0.1, 0.15) is 31.7 Å². The van der Waals surface area contributed by atoms with Crippen LogP contribution >= 0.6 is 12.2 Å². The quantitative estimate of drug-likeness (QED) is 0.628. The standard InChI is InChI=1S/C15H20N4O2S/c1-4-7-13-17-18-15(22)19(13)16-10-11-8-6-9-12(21-5-2)14(11)20-3/h6,8-10H,4-5,7H2,1-3H3,(H,18,22)/b16-10-. The lowest BCUT2D eigenvalue weighted by atomic mass is 10.2. The number of aryl methyl sites for hydroxylation is 1. The monoisotopic (exact) mass is 320 g/mol. The van der Waals surface area contributed by atoms with E-state index < -0.39 is 0 Å². The Hall–Kier alpha value is -2.15. The normalized spacial score (nSPS) is 11.0. The summed E-state index contributed by atoms with van der Waals surface area (Å²) in [4.78, 5) is 0. The van der Waals surface area contributed by atoms with Crippen LogP contribution in [0.25, 0.3) is 0 Å². The Labute approximate surface area is 134 Å². The lowest BCUT2D eigenvalue weighted by Gasteiger charge is -2.11. The van der Waals surface area contributed by atoms with E-state index in [1.54, 1.807) is 18.0 Å². The first-order chi connectivity index (χ1) is 10.7. The highest BCUT2D eigenvalue weighted by molar-refractivity contribution is 7.71. The fourth-order valence-corrected chi connectivity index (χ4v) is 2.27. The highest BCUT2D eigenvalue weighted by atomic mass is 32.1. The molecule has 6 nitrogen and oxygen atoms in total. The van der Waals surface area contributed by atoms with Crippen molar-refractivity contribution in [3.63, 3.8) is 0 Å². The molecule has 0 bridgehead atoms. The Balaban J connectivity index is 2.36. The van der Waals surface area contributed by atoms with Crippen molar-refractivity contribution in [3.05, 3.63) is 34.4 Å². The Morgan fingerprint density at radius 1 is 1.41 bits per heavy atom. The largest absolute Gasteiger partial charge is 0.492 e. The van der Waals surface area contributed by atoms with E-state index in [0.29, 0.717) is 22.9 Å². The number of rotatable bonds is 7. The molecule has 118 valence electrons. The summed E-state index contributed by atoms with van der Waals surface area (Å²) in [7, 11) is 1.61. The summed E-state index contributed by atoms with van der Waals surface area (Å²) in [6.07, 6.45) is 3.48. The van der Waals surface area contributed by atoms with Gasteiger partial charge in [-0.1, -0.05) is 13.0 Å². The number of hydrogen-bond donors (Lipinski definition) is 1. The van der Waals surface area contributed by atoms with Crippen LogP contribution in [0.3, 0.4) is 0 Å². The molecule has 1 heterocycles. The summed E-state index contributed by atoms with van der Waals surface area (Å²) >= 11 is 5.21. The van der Waals surface area contributed by atoms with Gasteiger partial charge in [0.25, 0.3) is 0 Å². The molecular weight excluding hydrogens is 300 g/mol. The van der Waals surface area contributed by atoms with Gasteiger partial charge in [0.1, 0.15) is 0 Å². The molecule has 0 aliphatic rings. The average molecular weight is 320 g/mol. The van der Waals surface area contributed by atoms with Crippen molar-refractivity contribution in [3.8, 4) is 11.5 Å². The van der Waals surface area contributed by atoms with Gasteiger partial charge < -0.3 is 9.47 Å². The van der Waals surface area contributed by atoms with Crippen LogP contribution in [0.15, 0.2) is 23.3 Å². The summed E-state index contributed by atoms with van der Waals surface area (Å²) in [5.74, 6) is 2.15. The van der Waals surface area contributed by atoms with E-state index in [4.69, 9.17) is 21.7 Å². The predicted molar refractivity (Wildman–Crippen MR) is 88.6 cm³/mol. The molecule has 2 aromatic rings. The topological polar surface area (TPSA) is 64.4 Å². The minimum absolute atomic E-state index is 0.472. The number of methoxy groups -OCH3 is 1. The van der Waals surface area contributed by atoms with E-state index in [1.165, 1.54) is 0 Å².